The van der Waals surface area contributed by atoms with Crippen LogP contribution in [0.4, 0.5) is 5.69 Å². The molecule has 164 valence electrons. The molecule has 3 N–H and O–H groups in total. The minimum absolute atomic E-state index is 0.00496. The second-order valence-electron chi connectivity index (χ2n) is 7.45. The Morgan fingerprint density at radius 2 is 1.61 bits per heavy atom. The zero-order chi connectivity index (χ0) is 22.6. The van der Waals surface area contributed by atoms with Crippen LogP contribution in [0.1, 0.15) is 41.8 Å². The van der Waals surface area contributed by atoms with Gasteiger partial charge < -0.3 is 15.6 Å². The van der Waals surface area contributed by atoms with Crippen LogP contribution in [0.5, 0.6) is 11.5 Å². The molecule has 0 radical (unpaired) electrons. The van der Waals surface area contributed by atoms with E-state index in [1.54, 1.807) is 36.4 Å². The molecule has 3 aromatic rings. The molecule has 31 heavy (non-hydrogen) atoms. The predicted molar refractivity (Wildman–Crippen MR) is 130 cm³/mol. The average molecular weight is 458 g/mol. The lowest BCUT2D eigenvalue weighted by Gasteiger charge is -2.20. The number of nitrogen functional groups attached to an aromatic ring is 1. The fourth-order valence-corrected chi connectivity index (χ4v) is 5.86. The molecule has 3 rings (SSSR count). The molecular weight excluding hydrogens is 429 g/mol. The normalized spacial score (nSPS) is 11.8. The highest BCUT2D eigenvalue weighted by Gasteiger charge is 2.17. The van der Waals surface area contributed by atoms with Gasteiger partial charge in [-0.25, -0.2) is 0 Å². The number of ketones is 1. The Morgan fingerprint density at radius 1 is 1.03 bits per heavy atom. The molecule has 0 amide bonds. The van der Waals surface area contributed by atoms with E-state index in [1.165, 1.54) is 6.92 Å². The van der Waals surface area contributed by atoms with Gasteiger partial charge in [-0.1, -0.05) is 33.9 Å². The molecule has 0 aliphatic carbocycles. The van der Waals surface area contributed by atoms with Gasteiger partial charge in [-0.2, -0.15) is 0 Å². The van der Waals surface area contributed by atoms with Crippen LogP contribution in [0.2, 0.25) is 0 Å². The van der Waals surface area contributed by atoms with E-state index in [-0.39, 0.29) is 11.5 Å². The Balaban J connectivity index is 1.78. The average Bonchev–Trinajstić information content (AvgIpc) is 2.74. The highest BCUT2D eigenvalue weighted by atomic mass is 32.8. The van der Waals surface area contributed by atoms with E-state index in [0.29, 0.717) is 35.6 Å². The van der Waals surface area contributed by atoms with Crippen LogP contribution in [-0.2, 0) is 22.6 Å². The van der Waals surface area contributed by atoms with Gasteiger partial charge in [0.1, 0.15) is 18.1 Å². The summed E-state index contributed by atoms with van der Waals surface area (Å²) < 4.78 is 19.3. The first-order valence-electron chi connectivity index (χ1n) is 10.1. The Hall–Kier alpha value is -2.69. The highest BCUT2D eigenvalue weighted by Crippen LogP contribution is 2.36. The summed E-state index contributed by atoms with van der Waals surface area (Å²) in [5.74, 6) is 0.377. The lowest BCUT2D eigenvalue weighted by atomic mass is 10.0. The summed E-state index contributed by atoms with van der Waals surface area (Å²) in [7, 11) is -0.312. The van der Waals surface area contributed by atoms with Crippen molar-refractivity contribution >= 4 is 29.5 Å². The Kier molecular flexibility index (Phi) is 7.14. The molecule has 3 aromatic carbocycles. The summed E-state index contributed by atoms with van der Waals surface area (Å²) >= 11 is 0. The van der Waals surface area contributed by atoms with Crippen LogP contribution in [0.3, 0.4) is 0 Å². The van der Waals surface area contributed by atoms with Gasteiger partial charge in [-0.05, 0) is 77.0 Å². The number of phenolic OH excluding ortho intramolecular Hbond substituents is 1. The zero-order valence-corrected chi connectivity index (χ0v) is 19.7. The Bertz CT molecular complexity index is 1130. The van der Waals surface area contributed by atoms with E-state index in [4.69, 9.17) is 10.5 Å². The predicted octanol–water partition coefficient (Wildman–Crippen LogP) is 4.93. The van der Waals surface area contributed by atoms with Crippen LogP contribution < -0.4 is 10.5 Å². The first-order chi connectivity index (χ1) is 14.7. The number of benzene rings is 3. The lowest BCUT2D eigenvalue weighted by molar-refractivity contribution is 0.101. The molecule has 0 aliphatic heterocycles. The third-order valence-electron chi connectivity index (χ3n) is 5.11. The van der Waals surface area contributed by atoms with Crippen molar-refractivity contribution in [1.82, 2.24) is 0 Å². The molecule has 0 aliphatic rings. The van der Waals surface area contributed by atoms with Crippen LogP contribution >= 0.6 is 8.44 Å². The number of carbonyl (C=O) groups excluding carboxylic acids is 1. The number of ether oxygens (including phenoxy) is 1. The number of phenols is 1. The first kappa shape index (κ1) is 23.0. The van der Waals surface area contributed by atoms with E-state index in [1.807, 2.05) is 31.2 Å². The third-order valence-corrected chi connectivity index (χ3v) is 9.03. The summed E-state index contributed by atoms with van der Waals surface area (Å²) in [6, 6.07) is 17.8. The number of nitrogens with two attached hydrogens (primary N) is 1. The number of hydrogen-bond donors (Lipinski definition) is 3. The van der Waals surface area contributed by atoms with Gasteiger partial charge in [0.05, 0.1) is 5.56 Å². The van der Waals surface area contributed by atoms with Gasteiger partial charge in [0.15, 0.2) is 5.78 Å². The first-order valence-corrected chi connectivity index (χ1v) is 13.4. The summed E-state index contributed by atoms with van der Waals surface area (Å²) in [6.45, 7) is 3.73. The van der Waals surface area contributed by atoms with Gasteiger partial charge in [0.25, 0.3) is 0 Å². The van der Waals surface area contributed by atoms with Gasteiger partial charge in [-0.15, -0.1) is 0 Å². The number of carbonyl (C=O) groups is 1. The molecule has 0 saturated carbocycles. The maximum Gasteiger partial charge on any atom is 0.163 e. The number of anilines is 1. The van der Waals surface area contributed by atoms with Crippen molar-refractivity contribution in [1.29, 1.82) is 0 Å². The lowest BCUT2D eigenvalue weighted by Crippen LogP contribution is -2.05. The summed E-state index contributed by atoms with van der Waals surface area (Å²) in [5, 5.41) is 10.5. The van der Waals surface area contributed by atoms with Crippen molar-refractivity contribution in [3.8, 4) is 11.5 Å². The fraction of sp³-hybridized carbons (Fsp3) is 0.208. The molecule has 1 atom stereocenters. The molecule has 0 aromatic heterocycles. The van der Waals surface area contributed by atoms with E-state index in [2.05, 4.69) is 8.44 Å². The van der Waals surface area contributed by atoms with Crippen LogP contribution in [0.15, 0.2) is 70.5 Å². The molecule has 0 bridgehead atoms. The molecule has 5 nitrogen and oxygen atoms in total. The monoisotopic (exact) mass is 457 g/mol. The van der Waals surface area contributed by atoms with Crippen molar-refractivity contribution in [2.45, 2.75) is 43.1 Å². The highest BCUT2D eigenvalue weighted by molar-refractivity contribution is 8.45. The smallest absolute Gasteiger partial charge is 0.163 e. The van der Waals surface area contributed by atoms with Crippen molar-refractivity contribution < 1.29 is 18.8 Å². The summed E-state index contributed by atoms with van der Waals surface area (Å²) in [4.78, 5) is 13.2. The second kappa shape index (κ2) is 9.63. The molecule has 0 heterocycles. The number of aromatic hydroxyl groups is 1. The van der Waals surface area contributed by atoms with Crippen molar-refractivity contribution in [3.05, 3.63) is 77.4 Å². The fourth-order valence-electron chi connectivity index (χ4n) is 3.35. The molecule has 0 saturated heterocycles. The number of rotatable bonds is 8. The molecule has 0 fully saturated rings. The summed E-state index contributed by atoms with van der Waals surface area (Å²) in [5.41, 5.74) is 8.21. The molecule has 0 spiro atoms. The van der Waals surface area contributed by atoms with E-state index < -0.39 is 9.55 Å². The number of thiol groups is 1. The number of Topliss-reactive ketones (excluding diaryl/α,β-unsaturated/α-hetero) is 1. The SMILES string of the molecule is CCCc1c(OCc2ccc([SH](=O)(P)c3ccc(N)cc3)cc2)ccc(C(C)=O)c1O. The molecule has 7 heteroatoms. The van der Waals surface area contributed by atoms with Crippen molar-refractivity contribution in [2.24, 2.45) is 0 Å². The zero-order valence-electron chi connectivity index (χ0n) is 17.7. The third kappa shape index (κ3) is 5.15. The maximum atomic E-state index is 13.3. The largest absolute Gasteiger partial charge is 0.507 e. The number of hydrogen-bond acceptors (Lipinski definition) is 5. The van der Waals surface area contributed by atoms with Crippen LogP contribution in [0.25, 0.3) is 0 Å². The van der Waals surface area contributed by atoms with Crippen molar-refractivity contribution in [2.75, 3.05) is 5.73 Å². The summed E-state index contributed by atoms with van der Waals surface area (Å²) in [6.07, 6.45) is 1.42. The van der Waals surface area contributed by atoms with Crippen LogP contribution in [0, 0.1) is 0 Å². The quantitative estimate of drug-likeness (QED) is 0.193. The molecular formula is C24H28NO4PS. The van der Waals surface area contributed by atoms with E-state index >= 15 is 0 Å². The maximum absolute atomic E-state index is 13.3. The van der Waals surface area contributed by atoms with Gasteiger partial charge in [-0.3, -0.25) is 9.00 Å². The molecule has 1 unspecified atom stereocenters. The minimum Gasteiger partial charge on any atom is -0.507 e. The van der Waals surface area contributed by atoms with Gasteiger partial charge in [0.2, 0.25) is 0 Å². The Morgan fingerprint density at radius 3 is 2.16 bits per heavy atom. The topological polar surface area (TPSA) is 89.6 Å². The second-order valence-corrected chi connectivity index (χ2v) is 12.0. The van der Waals surface area contributed by atoms with Gasteiger partial charge >= 0.3 is 0 Å². The van der Waals surface area contributed by atoms with E-state index in [9.17, 15) is 14.1 Å². The Labute approximate surface area is 186 Å². The van der Waals surface area contributed by atoms with Crippen LogP contribution in [-0.4, -0.2) is 15.1 Å². The standard InChI is InChI=1S/C24H28NO4PS/c1-3-4-22-23(14-13-21(16(2)26)24(22)27)29-15-17-5-9-19(10-6-17)31(28,30)20-11-7-18(25)8-12-20/h5-14,27,31H,3-4,15,25,30H2,1-2H3. The van der Waals surface area contributed by atoms with E-state index in [0.717, 1.165) is 21.8 Å². The van der Waals surface area contributed by atoms with Gasteiger partial charge in [0, 0.05) is 21.0 Å². The minimum atomic E-state index is -2.80. The van der Waals surface area contributed by atoms with Crippen molar-refractivity contribution in [3.63, 3.8) is 0 Å².